The van der Waals surface area contributed by atoms with Crippen molar-refractivity contribution < 1.29 is 4.79 Å². The van der Waals surface area contributed by atoms with Crippen molar-refractivity contribution in [3.63, 3.8) is 0 Å². The Hall–Kier alpha value is -0.0300. The van der Waals surface area contributed by atoms with Gasteiger partial charge in [-0.2, -0.15) is 23.5 Å². The van der Waals surface area contributed by atoms with E-state index in [0.29, 0.717) is 12.1 Å². The molecule has 2 fully saturated rings. The monoisotopic (exact) mass is 204 g/mol. The fraction of sp³-hybridized carbons (Fsp3) is 0.857. The highest BCUT2D eigenvalue weighted by Gasteiger charge is 2.23. The van der Waals surface area contributed by atoms with Crippen molar-refractivity contribution in [1.29, 1.82) is 0 Å². The number of hydrogen-bond donors (Lipinski definition) is 2. The van der Waals surface area contributed by atoms with Crippen LogP contribution in [-0.4, -0.2) is 41.1 Å². The third kappa shape index (κ3) is 2.01. The van der Waals surface area contributed by atoms with Crippen molar-refractivity contribution in [2.75, 3.05) is 23.0 Å². The number of urea groups is 1. The molecule has 68 valence electrons. The quantitative estimate of drug-likeness (QED) is 0.689. The summed E-state index contributed by atoms with van der Waals surface area (Å²) < 4.78 is 0. The molecule has 12 heavy (non-hydrogen) atoms. The molecule has 2 aliphatic heterocycles. The second kappa shape index (κ2) is 3.79. The van der Waals surface area contributed by atoms with E-state index in [0.717, 1.165) is 23.0 Å². The molecular formula is C7H12N2OS2. The molecular weight excluding hydrogens is 192 g/mol. The summed E-state index contributed by atoms with van der Waals surface area (Å²) in [5.41, 5.74) is 0. The molecule has 0 aliphatic carbocycles. The van der Waals surface area contributed by atoms with Gasteiger partial charge in [0.1, 0.15) is 0 Å². The Morgan fingerprint density at radius 1 is 1.00 bits per heavy atom. The molecule has 0 unspecified atom stereocenters. The lowest BCUT2D eigenvalue weighted by Crippen LogP contribution is -2.53. The molecule has 2 amide bonds. The van der Waals surface area contributed by atoms with Crippen LogP contribution in [0.3, 0.4) is 0 Å². The van der Waals surface area contributed by atoms with Crippen molar-refractivity contribution in [2.24, 2.45) is 0 Å². The lowest BCUT2D eigenvalue weighted by atomic mass is 10.3. The van der Waals surface area contributed by atoms with Crippen molar-refractivity contribution in [3.8, 4) is 0 Å². The van der Waals surface area contributed by atoms with Crippen molar-refractivity contribution in [2.45, 2.75) is 12.1 Å². The van der Waals surface area contributed by atoms with E-state index in [4.69, 9.17) is 0 Å². The Labute approximate surface area is 80.4 Å². The largest absolute Gasteiger partial charge is 0.334 e. The number of amides is 2. The van der Waals surface area contributed by atoms with Crippen molar-refractivity contribution >= 4 is 29.6 Å². The fourth-order valence-corrected chi connectivity index (χ4v) is 2.33. The molecule has 0 spiro atoms. The van der Waals surface area contributed by atoms with E-state index >= 15 is 0 Å². The third-order valence-corrected chi connectivity index (χ3v) is 4.50. The van der Waals surface area contributed by atoms with Crippen LogP contribution < -0.4 is 10.6 Å². The summed E-state index contributed by atoms with van der Waals surface area (Å²) in [4.78, 5) is 11.2. The van der Waals surface area contributed by atoms with Gasteiger partial charge in [-0.05, 0) is 0 Å². The number of thioether (sulfide) groups is 2. The van der Waals surface area contributed by atoms with Crippen LogP contribution in [0, 0.1) is 0 Å². The molecule has 2 aliphatic rings. The second-order valence-corrected chi connectivity index (χ2v) is 5.24. The Morgan fingerprint density at radius 2 is 1.42 bits per heavy atom. The molecule has 5 heteroatoms. The van der Waals surface area contributed by atoms with E-state index in [9.17, 15) is 4.79 Å². The smallest absolute Gasteiger partial charge is 0.315 e. The summed E-state index contributed by atoms with van der Waals surface area (Å²) in [5.74, 6) is 4.30. The topological polar surface area (TPSA) is 41.1 Å². The second-order valence-electron chi connectivity index (χ2n) is 3.09. The molecule has 0 aromatic carbocycles. The normalized spacial score (nSPS) is 24.0. The maximum absolute atomic E-state index is 11.2. The van der Waals surface area contributed by atoms with Crippen LogP contribution in [0.2, 0.25) is 0 Å². The minimum Gasteiger partial charge on any atom is -0.334 e. The van der Waals surface area contributed by atoms with E-state index in [1.54, 1.807) is 0 Å². The number of carbonyl (C=O) groups excluding carboxylic acids is 1. The average Bonchev–Trinajstić information content (AvgIpc) is 1.89. The highest BCUT2D eigenvalue weighted by atomic mass is 32.2. The van der Waals surface area contributed by atoms with Crippen LogP contribution in [0.15, 0.2) is 0 Å². The van der Waals surface area contributed by atoms with Gasteiger partial charge in [-0.25, -0.2) is 4.79 Å². The van der Waals surface area contributed by atoms with Gasteiger partial charge in [-0.1, -0.05) is 0 Å². The maximum atomic E-state index is 11.2. The first kappa shape index (κ1) is 8.56. The zero-order valence-corrected chi connectivity index (χ0v) is 8.34. The molecule has 0 atom stereocenters. The first-order valence-corrected chi connectivity index (χ1v) is 6.38. The molecule has 2 N–H and O–H groups in total. The lowest BCUT2D eigenvalue weighted by Gasteiger charge is -2.30. The van der Waals surface area contributed by atoms with Crippen LogP contribution in [0.5, 0.6) is 0 Å². The van der Waals surface area contributed by atoms with Crippen LogP contribution in [0.4, 0.5) is 4.79 Å². The molecule has 2 saturated heterocycles. The van der Waals surface area contributed by atoms with Gasteiger partial charge in [-0.15, -0.1) is 0 Å². The molecule has 3 nitrogen and oxygen atoms in total. The van der Waals surface area contributed by atoms with E-state index in [1.807, 2.05) is 23.5 Å². The SMILES string of the molecule is O=C(NC1CSC1)NC1CSC1. The minimum absolute atomic E-state index is 0.0191. The summed E-state index contributed by atoms with van der Waals surface area (Å²) in [6, 6.07) is 0.857. The lowest BCUT2D eigenvalue weighted by molar-refractivity contribution is 0.236. The highest BCUT2D eigenvalue weighted by molar-refractivity contribution is 8.01. The van der Waals surface area contributed by atoms with Gasteiger partial charge >= 0.3 is 6.03 Å². The predicted octanol–water partition coefficient (Wildman–Crippen LogP) is 0.516. The number of rotatable bonds is 2. The van der Waals surface area contributed by atoms with Crippen LogP contribution in [0.25, 0.3) is 0 Å². The van der Waals surface area contributed by atoms with Gasteiger partial charge in [0.15, 0.2) is 0 Å². The molecule has 0 radical (unpaired) electrons. The Bertz CT molecular complexity index is 162. The minimum atomic E-state index is 0.0191. The highest BCUT2D eigenvalue weighted by Crippen LogP contribution is 2.18. The predicted molar refractivity (Wildman–Crippen MR) is 53.9 cm³/mol. The first-order chi connectivity index (χ1) is 5.84. The zero-order valence-electron chi connectivity index (χ0n) is 6.71. The number of nitrogens with one attached hydrogen (secondary N) is 2. The Kier molecular flexibility index (Phi) is 2.70. The van der Waals surface area contributed by atoms with Crippen LogP contribution in [0.1, 0.15) is 0 Å². The standard InChI is InChI=1S/C7H12N2OS2/c10-7(8-5-1-11-2-5)9-6-3-12-4-6/h5-6H,1-4H2,(H2,8,9,10). The van der Waals surface area contributed by atoms with Gasteiger partial charge in [0.25, 0.3) is 0 Å². The van der Waals surface area contributed by atoms with Gasteiger partial charge in [0.2, 0.25) is 0 Å². The first-order valence-electron chi connectivity index (χ1n) is 4.07. The van der Waals surface area contributed by atoms with Gasteiger partial charge in [0, 0.05) is 35.1 Å². The molecule has 0 aromatic heterocycles. The van der Waals surface area contributed by atoms with E-state index in [2.05, 4.69) is 10.6 Å². The summed E-state index contributed by atoms with van der Waals surface area (Å²) in [7, 11) is 0. The molecule has 2 rings (SSSR count). The Morgan fingerprint density at radius 3 is 1.67 bits per heavy atom. The van der Waals surface area contributed by atoms with Gasteiger partial charge in [0.05, 0.1) is 0 Å². The maximum Gasteiger partial charge on any atom is 0.315 e. The van der Waals surface area contributed by atoms with Crippen molar-refractivity contribution in [1.82, 2.24) is 10.6 Å². The zero-order chi connectivity index (χ0) is 8.39. The number of hydrogen-bond acceptors (Lipinski definition) is 3. The van der Waals surface area contributed by atoms with Gasteiger partial charge in [-0.3, -0.25) is 0 Å². The van der Waals surface area contributed by atoms with E-state index in [1.165, 1.54) is 0 Å². The van der Waals surface area contributed by atoms with Crippen molar-refractivity contribution in [3.05, 3.63) is 0 Å². The third-order valence-electron chi connectivity index (χ3n) is 1.95. The summed E-state index contributed by atoms with van der Waals surface area (Å²) in [5, 5.41) is 5.87. The Balaban J connectivity index is 1.62. The summed E-state index contributed by atoms with van der Waals surface area (Å²) in [6.07, 6.45) is 0. The summed E-state index contributed by atoms with van der Waals surface area (Å²) >= 11 is 3.76. The molecule has 0 aromatic rings. The van der Waals surface area contributed by atoms with E-state index in [-0.39, 0.29) is 6.03 Å². The van der Waals surface area contributed by atoms with E-state index < -0.39 is 0 Å². The van der Waals surface area contributed by atoms with Crippen LogP contribution in [-0.2, 0) is 0 Å². The molecule has 0 saturated carbocycles. The molecule has 2 heterocycles. The van der Waals surface area contributed by atoms with Crippen LogP contribution >= 0.6 is 23.5 Å². The average molecular weight is 204 g/mol. The summed E-state index contributed by atoms with van der Waals surface area (Å²) in [6.45, 7) is 0. The van der Waals surface area contributed by atoms with Gasteiger partial charge < -0.3 is 10.6 Å². The number of carbonyl (C=O) groups is 1. The fourth-order valence-electron chi connectivity index (χ4n) is 1.05. The molecule has 0 bridgehead atoms.